The van der Waals surface area contributed by atoms with Crippen molar-refractivity contribution in [3.05, 3.63) is 29.3 Å². The lowest BCUT2D eigenvalue weighted by Gasteiger charge is -2.00. The minimum Gasteiger partial charge on any atom is -0.493 e. The molecule has 0 saturated carbocycles. The molecule has 1 aliphatic rings. The highest BCUT2D eigenvalue weighted by atomic mass is 19.1. The van der Waals surface area contributed by atoms with Gasteiger partial charge in [0.25, 0.3) is 0 Å². The molecule has 1 heterocycles. The molecule has 0 atom stereocenters. The van der Waals surface area contributed by atoms with E-state index in [-0.39, 0.29) is 6.67 Å². The smallest absolute Gasteiger partial charge is 0.122 e. The Bertz CT molecular complexity index is 283. The quantitative estimate of drug-likeness (QED) is 0.654. The molecule has 0 fully saturated rings. The summed E-state index contributed by atoms with van der Waals surface area (Å²) in [4.78, 5) is 0. The number of rotatable bonds is 2. The lowest BCUT2D eigenvalue weighted by molar-refractivity contribution is 0.357. The highest BCUT2D eigenvalue weighted by Crippen LogP contribution is 2.25. The van der Waals surface area contributed by atoms with E-state index in [1.807, 2.05) is 18.2 Å². The highest BCUT2D eigenvalue weighted by Gasteiger charge is 2.11. The van der Waals surface area contributed by atoms with Crippen LogP contribution in [0.5, 0.6) is 5.75 Å². The largest absolute Gasteiger partial charge is 0.493 e. The molecule has 0 aromatic heterocycles. The molecule has 0 bridgehead atoms. The zero-order valence-corrected chi connectivity index (χ0v) is 6.85. The summed E-state index contributed by atoms with van der Waals surface area (Å²) in [5.41, 5.74) is 2.29. The zero-order chi connectivity index (χ0) is 8.39. The molecule has 1 nitrogen and oxygen atoms in total. The first-order valence-electron chi connectivity index (χ1n) is 4.21. The standard InChI is InChI=1S/C10H11FO/c11-5-3-8-1-2-10-9(7-8)4-6-12-10/h1-2,7H,3-6H2. The first-order chi connectivity index (χ1) is 5.90. The van der Waals surface area contributed by atoms with Gasteiger partial charge >= 0.3 is 0 Å². The van der Waals surface area contributed by atoms with Gasteiger partial charge in [-0.1, -0.05) is 12.1 Å². The Labute approximate surface area is 71.2 Å². The van der Waals surface area contributed by atoms with Crippen LogP contribution in [0.15, 0.2) is 18.2 Å². The Morgan fingerprint density at radius 2 is 2.33 bits per heavy atom. The summed E-state index contributed by atoms with van der Waals surface area (Å²) in [6.45, 7) is 0.494. The molecule has 0 aliphatic carbocycles. The van der Waals surface area contributed by atoms with E-state index < -0.39 is 0 Å². The van der Waals surface area contributed by atoms with Gasteiger partial charge in [0.1, 0.15) is 5.75 Å². The maximum atomic E-state index is 12.0. The molecule has 0 radical (unpaired) electrons. The van der Waals surface area contributed by atoms with E-state index in [1.54, 1.807) is 0 Å². The minimum absolute atomic E-state index is 0.278. The summed E-state index contributed by atoms with van der Waals surface area (Å²) in [7, 11) is 0. The van der Waals surface area contributed by atoms with E-state index in [9.17, 15) is 4.39 Å². The topological polar surface area (TPSA) is 9.23 Å². The number of hydrogen-bond acceptors (Lipinski definition) is 1. The minimum atomic E-state index is -0.278. The van der Waals surface area contributed by atoms with Gasteiger partial charge in [-0.25, -0.2) is 0 Å². The van der Waals surface area contributed by atoms with E-state index in [4.69, 9.17) is 4.74 Å². The van der Waals surface area contributed by atoms with Crippen molar-refractivity contribution in [2.45, 2.75) is 12.8 Å². The lowest BCUT2D eigenvalue weighted by Crippen LogP contribution is -1.87. The molecule has 0 unspecified atom stereocenters. The maximum Gasteiger partial charge on any atom is 0.122 e. The molecule has 2 rings (SSSR count). The fraction of sp³-hybridized carbons (Fsp3) is 0.400. The van der Waals surface area contributed by atoms with Crippen LogP contribution in [0, 0.1) is 0 Å². The highest BCUT2D eigenvalue weighted by molar-refractivity contribution is 5.39. The lowest BCUT2D eigenvalue weighted by atomic mass is 10.1. The van der Waals surface area contributed by atoms with Gasteiger partial charge in [-0.05, 0) is 17.2 Å². The average molecular weight is 166 g/mol. The van der Waals surface area contributed by atoms with Gasteiger partial charge in [-0.15, -0.1) is 0 Å². The van der Waals surface area contributed by atoms with Crippen molar-refractivity contribution in [1.82, 2.24) is 0 Å². The third-order valence-corrected chi connectivity index (χ3v) is 2.14. The van der Waals surface area contributed by atoms with Gasteiger partial charge in [-0.2, -0.15) is 0 Å². The van der Waals surface area contributed by atoms with Gasteiger partial charge in [-0.3, -0.25) is 4.39 Å². The summed E-state index contributed by atoms with van der Waals surface area (Å²) >= 11 is 0. The summed E-state index contributed by atoms with van der Waals surface area (Å²) in [6, 6.07) is 5.92. The fourth-order valence-electron chi connectivity index (χ4n) is 1.50. The van der Waals surface area contributed by atoms with Gasteiger partial charge in [0, 0.05) is 12.8 Å². The predicted molar refractivity (Wildman–Crippen MR) is 45.3 cm³/mol. The Hall–Kier alpha value is -1.05. The molecule has 0 amide bonds. The second-order valence-corrected chi connectivity index (χ2v) is 2.98. The van der Waals surface area contributed by atoms with Crippen LogP contribution in [0.3, 0.4) is 0 Å². The Kier molecular flexibility index (Phi) is 1.98. The Balaban J connectivity index is 2.26. The van der Waals surface area contributed by atoms with Crippen molar-refractivity contribution >= 4 is 0 Å². The second-order valence-electron chi connectivity index (χ2n) is 2.98. The van der Waals surface area contributed by atoms with Crippen molar-refractivity contribution in [2.75, 3.05) is 13.3 Å². The number of alkyl halides is 1. The number of fused-ring (bicyclic) bond motifs is 1. The van der Waals surface area contributed by atoms with Crippen molar-refractivity contribution in [3.63, 3.8) is 0 Å². The number of benzene rings is 1. The summed E-state index contributed by atoms with van der Waals surface area (Å²) in [5.74, 6) is 0.970. The number of hydrogen-bond donors (Lipinski definition) is 0. The molecule has 1 aliphatic heterocycles. The number of aryl methyl sites for hydroxylation is 1. The Morgan fingerprint density at radius 3 is 3.17 bits per heavy atom. The first-order valence-corrected chi connectivity index (χ1v) is 4.21. The van der Waals surface area contributed by atoms with Crippen LogP contribution < -0.4 is 4.74 Å². The third kappa shape index (κ3) is 1.29. The molecule has 0 saturated heterocycles. The molecule has 64 valence electrons. The fourth-order valence-corrected chi connectivity index (χ4v) is 1.50. The third-order valence-electron chi connectivity index (χ3n) is 2.14. The normalized spacial score (nSPS) is 14.1. The van der Waals surface area contributed by atoms with Crippen molar-refractivity contribution in [2.24, 2.45) is 0 Å². The van der Waals surface area contributed by atoms with Crippen LogP contribution in [-0.4, -0.2) is 13.3 Å². The molecule has 2 heteroatoms. The summed E-state index contributed by atoms with van der Waals surface area (Å²) in [5, 5.41) is 0. The molecule has 12 heavy (non-hydrogen) atoms. The molecule has 1 aromatic rings. The van der Waals surface area contributed by atoms with Crippen molar-refractivity contribution in [3.8, 4) is 5.75 Å². The van der Waals surface area contributed by atoms with Gasteiger partial charge in [0.2, 0.25) is 0 Å². The predicted octanol–water partition coefficient (Wildman–Crippen LogP) is 2.13. The molecular weight excluding hydrogens is 155 g/mol. The van der Waals surface area contributed by atoms with Crippen LogP contribution in [0.2, 0.25) is 0 Å². The van der Waals surface area contributed by atoms with E-state index in [1.165, 1.54) is 5.56 Å². The van der Waals surface area contributed by atoms with Crippen LogP contribution in [0.4, 0.5) is 4.39 Å². The Morgan fingerprint density at radius 1 is 1.42 bits per heavy atom. The average Bonchev–Trinajstić information content (AvgIpc) is 2.51. The molecule has 1 aromatic carbocycles. The van der Waals surface area contributed by atoms with Crippen LogP contribution in [0.25, 0.3) is 0 Å². The van der Waals surface area contributed by atoms with Crippen LogP contribution >= 0.6 is 0 Å². The van der Waals surface area contributed by atoms with E-state index in [0.717, 1.165) is 24.3 Å². The van der Waals surface area contributed by atoms with Crippen molar-refractivity contribution < 1.29 is 9.13 Å². The van der Waals surface area contributed by atoms with Gasteiger partial charge < -0.3 is 4.74 Å². The van der Waals surface area contributed by atoms with E-state index >= 15 is 0 Å². The monoisotopic (exact) mass is 166 g/mol. The summed E-state index contributed by atoms with van der Waals surface area (Å²) < 4.78 is 17.3. The van der Waals surface area contributed by atoms with Gasteiger partial charge in [0.15, 0.2) is 0 Å². The maximum absolute atomic E-state index is 12.0. The van der Waals surface area contributed by atoms with Crippen LogP contribution in [-0.2, 0) is 12.8 Å². The molecule has 0 spiro atoms. The number of ether oxygens (including phenoxy) is 1. The summed E-state index contributed by atoms with van der Waals surface area (Å²) in [6.07, 6.45) is 1.49. The second kappa shape index (κ2) is 3.13. The van der Waals surface area contributed by atoms with Gasteiger partial charge in [0.05, 0.1) is 13.3 Å². The first kappa shape index (κ1) is 7.59. The zero-order valence-electron chi connectivity index (χ0n) is 6.85. The number of halogens is 1. The van der Waals surface area contributed by atoms with Crippen LogP contribution in [0.1, 0.15) is 11.1 Å². The van der Waals surface area contributed by atoms with E-state index in [2.05, 4.69) is 0 Å². The van der Waals surface area contributed by atoms with Crippen molar-refractivity contribution in [1.29, 1.82) is 0 Å². The molecular formula is C10H11FO. The van der Waals surface area contributed by atoms with E-state index in [0.29, 0.717) is 6.42 Å². The molecule has 0 N–H and O–H groups in total. The SMILES string of the molecule is FCCc1ccc2c(c1)CCO2.